The Hall–Kier alpha value is -3.62. The molecule has 9 nitrogen and oxygen atoms in total. The summed E-state index contributed by atoms with van der Waals surface area (Å²) in [6.45, 7) is 0. The molecule has 3 heterocycles. The van der Waals surface area contributed by atoms with Crippen molar-refractivity contribution in [2.75, 3.05) is 0 Å². The molecule has 0 saturated carbocycles. The van der Waals surface area contributed by atoms with Crippen molar-refractivity contribution in [3.63, 3.8) is 0 Å². The van der Waals surface area contributed by atoms with Crippen LogP contribution in [0.2, 0.25) is 0 Å². The first-order chi connectivity index (χ1) is 12.9. The van der Waals surface area contributed by atoms with Gasteiger partial charge in [-0.3, -0.25) is 15.0 Å². The second-order valence-corrected chi connectivity index (χ2v) is 4.51. The van der Waals surface area contributed by atoms with Gasteiger partial charge in [0.15, 0.2) is 0 Å². The standard InChI is InChI=1S/3C6H5NO2.Mn/c3*8-6(9)5-3-1-2-4-7-5;/h3*1-4H,(H,8,9);/q;;;+3/p-3. The normalized spacial score (nSPS) is 8.57. The van der Waals surface area contributed by atoms with E-state index in [0.29, 0.717) is 0 Å². The average molecular weight is 421 g/mol. The van der Waals surface area contributed by atoms with Gasteiger partial charge in [0.05, 0.1) is 35.0 Å². The van der Waals surface area contributed by atoms with Crippen LogP contribution in [0, 0.1) is 0 Å². The third kappa shape index (κ3) is 9.76. The van der Waals surface area contributed by atoms with Crippen LogP contribution in [0.4, 0.5) is 0 Å². The molecule has 0 aliphatic carbocycles. The summed E-state index contributed by atoms with van der Waals surface area (Å²) >= 11 is 0. The van der Waals surface area contributed by atoms with Gasteiger partial charge in [-0.25, -0.2) is 0 Å². The van der Waals surface area contributed by atoms with Gasteiger partial charge >= 0.3 is 17.1 Å². The first-order valence-corrected chi connectivity index (χ1v) is 7.29. The summed E-state index contributed by atoms with van der Waals surface area (Å²) in [4.78, 5) is 40.6. The number of aromatic nitrogens is 3. The minimum absolute atomic E-state index is 0. The molecule has 28 heavy (non-hydrogen) atoms. The smallest absolute Gasteiger partial charge is 0.543 e. The van der Waals surface area contributed by atoms with E-state index in [1.807, 2.05) is 0 Å². The molecule has 3 aromatic heterocycles. The second-order valence-electron chi connectivity index (χ2n) is 4.51. The summed E-state index contributed by atoms with van der Waals surface area (Å²) in [5.41, 5.74) is -0.0903. The number of aromatic carboxylic acids is 3. The second kappa shape index (κ2) is 13.6. The van der Waals surface area contributed by atoms with Gasteiger partial charge in [-0.05, 0) is 36.4 Å². The average Bonchev–Trinajstić information content (AvgIpc) is 2.71. The van der Waals surface area contributed by atoms with Gasteiger partial charge in [-0.1, -0.05) is 18.2 Å². The maximum atomic E-state index is 10.0. The molecule has 0 N–H and O–H groups in total. The molecule has 0 aliphatic rings. The van der Waals surface area contributed by atoms with Crippen LogP contribution in [-0.2, 0) is 17.1 Å². The summed E-state index contributed by atoms with van der Waals surface area (Å²) in [6.07, 6.45) is 4.22. The number of carboxylic acids is 3. The van der Waals surface area contributed by atoms with Crippen molar-refractivity contribution in [1.82, 2.24) is 15.0 Å². The monoisotopic (exact) mass is 421 g/mol. The first kappa shape index (κ1) is 24.4. The van der Waals surface area contributed by atoms with Crippen LogP contribution in [0.1, 0.15) is 31.5 Å². The van der Waals surface area contributed by atoms with Crippen molar-refractivity contribution < 1.29 is 46.8 Å². The molecule has 0 fully saturated rings. The molecule has 0 spiro atoms. The predicted octanol–water partition coefficient (Wildman–Crippen LogP) is -1.67. The van der Waals surface area contributed by atoms with Crippen molar-refractivity contribution in [3.05, 3.63) is 90.3 Å². The fourth-order valence-electron chi connectivity index (χ4n) is 1.45. The Balaban J connectivity index is 0.000000384. The van der Waals surface area contributed by atoms with Gasteiger partial charge in [0.1, 0.15) is 0 Å². The molecule has 0 unspecified atom stereocenters. The summed E-state index contributed by atoms with van der Waals surface area (Å²) in [5, 5.41) is 30.1. The molecule has 0 bridgehead atoms. The van der Waals surface area contributed by atoms with Crippen molar-refractivity contribution >= 4 is 17.9 Å². The van der Waals surface area contributed by atoms with E-state index < -0.39 is 17.9 Å². The van der Waals surface area contributed by atoms with E-state index >= 15 is 0 Å². The van der Waals surface area contributed by atoms with Gasteiger partial charge in [0.2, 0.25) is 0 Å². The number of carbonyl (C=O) groups excluding carboxylic acids is 3. The van der Waals surface area contributed by atoms with Crippen molar-refractivity contribution in [1.29, 1.82) is 0 Å². The SMILES string of the molecule is O=C([O-])c1ccccn1.O=C([O-])c1ccccn1.O=C([O-])c1ccccn1.[Mn+3]. The number of pyridine rings is 3. The van der Waals surface area contributed by atoms with Gasteiger partial charge in [0, 0.05) is 18.6 Å². The van der Waals surface area contributed by atoms with Crippen LogP contribution in [-0.4, -0.2) is 32.9 Å². The number of hydrogen-bond acceptors (Lipinski definition) is 9. The predicted molar refractivity (Wildman–Crippen MR) is 85.7 cm³/mol. The Kier molecular flexibility index (Phi) is 11.8. The van der Waals surface area contributed by atoms with Crippen molar-refractivity contribution in [3.8, 4) is 0 Å². The van der Waals surface area contributed by atoms with Crippen LogP contribution in [0.25, 0.3) is 0 Å². The fraction of sp³-hybridized carbons (Fsp3) is 0. The Morgan fingerprint density at radius 2 is 0.786 bits per heavy atom. The summed E-state index contributed by atoms with van der Waals surface area (Å²) in [6, 6.07) is 13.9. The molecular formula is C18H12MnN3O6. The Morgan fingerprint density at radius 3 is 0.893 bits per heavy atom. The van der Waals surface area contributed by atoms with Crippen LogP contribution in [0.15, 0.2) is 73.2 Å². The number of carboxylic acid groups (broad SMARTS) is 3. The van der Waals surface area contributed by atoms with E-state index in [1.165, 1.54) is 36.8 Å². The van der Waals surface area contributed by atoms with Crippen LogP contribution in [0.5, 0.6) is 0 Å². The molecule has 0 radical (unpaired) electrons. The zero-order valence-electron chi connectivity index (χ0n) is 14.1. The Labute approximate surface area is 170 Å². The maximum Gasteiger partial charge on any atom is 3.00 e. The van der Waals surface area contributed by atoms with E-state index in [9.17, 15) is 29.7 Å². The largest absolute Gasteiger partial charge is 3.00 e. The van der Waals surface area contributed by atoms with Gasteiger partial charge in [0.25, 0.3) is 0 Å². The molecule has 0 aliphatic heterocycles. The van der Waals surface area contributed by atoms with Gasteiger partial charge in [-0.2, -0.15) is 0 Å². The molecular weight excluding hydrogens is 409 g/mol. The van der Waals surface area contributed by atoms with Crippen LogP contribution >= 0.6 is 0 Å². The van der Waals surface area contributed by atoms with Gasteiger partial charge < -0.3 is 29.7 Å². The topological polar surface area (TPSA) is 159 Å². The summed E-state index contributed by atoms with van der Waals surface area (Å²) in [5.74, 6) is -3.72. The molecule has 3 aromatic rings. The fourth-order valence-corrected chi connectivity index (χ4v) is 1.45. The molecule has 0 atom stereocenters. The van der Waals surface area contributed by atoms with Gasteiger partial charge in [-0.15, -0.1) is 0 Å². The Bertz CT molecular complexity index is 747. The number of hydrogen-bond donors (Lipinski definition) is 0. The van der Waals surface area contributed by atoms with Crippen molar-refractivity contribution in [2.45, 2.75) is 0 Å². The van der Waals surface area contributed by atoms with E-state index in [1.54, 1.807) is 36.4 Å². The third-order valence-electron chi connectivity index (χ3n) is 2.62. The minimum Gasteiger partial charge on any atom is -0.543 e. The maximum absolute atomic E-state index is 10.0. The van der Waals surface area contributed by atoms with E-state index in [2.05, 4.69) is 15.0 Å². The van der Waals surface area contributed by atoms with E-state index in [4.69, 9.17) is 0 Å². The van der Waals surface area contributed by atoms with Crippen LogP contribution in [0.3, 0.4) is 0 Å². The minimum atomic E-state index is -1.24. The van der Waals surface area contributed by atoms with Crippen molar-refractivity contribution in [2.24, 2.45) is 0 Å². The number of rotatable bonds is 3. The van der Waals surface area contributed by atoms with E-state index in [-0.39, 0.29) is 34.2 Å². The van der Waals surface area contributed by atoms with E-state index in [0.717, 1.165) is 0 Å². The molecule has 0 saturated heterocycles. The number of nitrogens with zero attached hydrogens (tertiary/aromatic N) is 3. The molecule has 142 valence electrons. The molecule has 10 heteroatoms. The quantitative estimate of drug-likeness (QED) is 0.451. The third-order valence-corrected chi connectivity index (χ3v) is 2.62. The summed E-state index contributed by atoms with van der Waals surface area (Å²) in [7, 11) is 0. The summed E-state index contributed by atoms with van der Waals surface area (Å²) < 4.78 is 0. The molecule has 0 aromatic carbocycles. The van der Waals surface area contributed by atoms with Crippen LogP contribution < -0.4 is 15.3 Å². The molecule has 3 rings (SSSR count). The zero-order valence-corrected chi connectivity index (χ0v) is 15.3. The molecule has 0 amide bonds. The number of carbonyl (C=O) groups is 3. The zero-order chi connectivity index (χ0) is 20.1. The Morgan fingerprint density at radius 1 is 0.536 bits per heavy atom. The first-order valence-electron chi connectivity index (χ1n) is 7.29.